The first-order chi connectivity index (χ1) is 30.4. The van der Waals surface area contributed by atoms with Crippen LogP contribution < -0.4 is 0 Å². The Morgan fingerprint density at radius 3 is 1.74 bits per heavy atom. The first-order valence-electron chi connectivity index (χ1n) is 23.2. The van der Waals surface area contributed by atoms with Gasteiger partial charge in [0.2, 0.25) is 0 Å². The second-order valence-electron chi connectivity index (χ2n) is 10.6. The topological polar surface area (TPSA) is 17.8 Å². The van der Waals surface area contributed by atoms with Crippen LogP contribution in [0.25, 0.3) is 83.0 Å². The molecule has 9 aromatic rings. The van der Waals surface area contributed by atoms with Crippen LogP contribution in [0.15, 0.2) is 182 Å². The van der Waals surface area contributed by atoms with Crippen LogP contribution in [0.1, 0.15) is 23.3 Å². The number of benzene rings is 8. The summed E-state index contributed by atoms with van der Waals surface area (Å²) >= 11 is 0. The molecule has 0 aliphatic carbocycles. The summed E-state index contributed by atoms with van der Waals surface area (Å²) in [6.07, 6.45) is 0. The molecule has 0 aliphatic rings. The Kier molecular flexibility index (Phi) is 3.57. The highest BCUT2D eigenvalue weighted by molar-refractivity contribution is 6.22. The summed E-state index contributed by atoms with van der Waals surface area (Å²) in [5.41, 5.74) is 0.220. The van der Waals surface area contributed by atoms with Crippen molar-refractivity contribution < 1.29 is 23.3 Å². The lowest BCUT2D eigenvalue weighted by atomic mass is 9.85. The Balaban J connectivity index is 1.59. The summed E-state index contributed by atoms with van der Waals surface area (Å²) in [7, 11) is 0. The number of rotatable bonds is 5. The van der Waals surface area contributed by atoms with Crippen LogP contribution in [0.5, 0.6) is 0 Å². The molecule has 8 aromatic carbocycles. The average Bonchev–Trinajstić information content (AvgIpc) is 3.69. The fourth-order valence-electron chi connectivity index (χ4n) is 6.03. The van der Waals surface area contributed by atoms with Gasteiger partial charge in [-0.3, -0.25) is 4.57 Å². The second-order valence-corrected chi connectivity index (χ2v) is 10.6. The summed E-state index contributed by atoms with van der Waals surface area (Å²) in [4.78, 5) is 4.94. The van der Waals surface area contributed by atoms with Crippen molar-refractivity contribution in [2.75, 3.05) is 0 Å². The number of hydrogen-bond donors (Lipinski definition) is 0. The van der Waals surface area contributed by atoms with Crippen LogP contribution in [0.4, 0.5) is 0 Å². The Labute approximate surface area is 297 Å². The lowest BCUT2D eigenvalue weighted by Crippen LogP contribution is -2.00. The Bertz CT molecular complexity index is 3470. The van der Waals surface area contributed by atoms with Crippen molar-refractivity contribution in [1.82, 2.24) is 9.55 Å². The van der Waals surface area contributed by atoms with Crippen LogP contribution in [0.2, 0.25) is 0 Å². The van der Waals surface area contributed by atoms with Crippen molar-refractivity contribution in [2.45, 2.75) is 0 Å². The molecule has 0 unspecified atom stereocenters. The molecule has 9 rings (SSSR count). The largest absolute Gasteiger partial charge is 0.292 e. The number of fused-ring (bicyclic) bond motifs is 3. The number of hydrogen-bond acceptors (Lipinski definition) is 1. The van der Waals surface area contributed by atoms with Crippen LogP contribution >= 0.6 is 0 Å². The van der Waals surface area contributed by atoms with Gasteiger partial charge in [0.05, 0.1) is 40.0 Å². The minimum absolute atomic E-state index is 0.203. The van der Waals surface area contributed by atoms with E-state index in [1.54, 1.807) is 24.3 Å². The molecule has 0 fully saturated rings. The van der Waals surface area contributed by atoms with Gasteiger partial charge in [-0.15, -0.1) is 0 Å². The molecular formula is C45H30N2. The van der Waals surface area contributed by atoms with Gasteiger partial charge >= 0.3 is 0 Å². The maximum Gasteiger partial charge on any atom is 0.145 e. The molecule has 0 saturated carbocycles. The molecule has 0 aliphatic heterocycles. The molecule has 220 valence electrons. The van der Waals surface area contributed by atoms with Gasteiger partial charge in [-0.2, -0.15) is 0 Å². The molecule has 0 N–H and O–H groups in total. The minimum atomic E-state index is -0.825. The van der Waals surface area contributed by atoms with Gasteiger partial charge in [0.25, 0.3) is 0 Å². The summed E-state index contributed by atoms with van der Waals surface area (Å²) in [6, 6.07) is 10.1. The highest BCUT2D eigenvalue weighted by Crippen LogP contribution is 2.45. The predicted molar refractivity (Wildman–Crippen MR) is 198 cm³/mol. The number of aromatic nitrogens is 2. The average molecular weight is 616 g/mol. The smallest absolute Gasteiger partial charge is 0.145 e. The summed E-state index contributed by atoms with van der Waals surface area (Å²) in [6.45, 7) is 0. The van der Waals surface area contributed by atoms with Gasteiger partial charge in [-0.25, -0.2) is 4.98 Å². The molecule has 0 bridgehead atoms. The maximum absolute atomic E-state index is 10.2. The first kappa shape index (κ1) is 14.9. The predicted octanol–water partition coefficient (Wildman–Crippen LogP) is 12.0. The van der Waals surface area contributed by atoms with Gasteiger partial charge < -0.3 is 0 Å². The van der Waals surface area contributed by atoms with E-state index in [1.165, 1.54) is 0 Å². The Morgan fingerprint density at radius 1 is 0.447 bits per heavy atom. The van der Waals surface area contributed by atoms with Crippen LogP contribution in [0, 0.1) is 0 Å². The number of nitrogens with zero attached hydrogens (tertiary/aromatic N) is 2. The van der Waals surface area contributed by atoms with Gasteiger partial charge in [0, 0.05) is 11.1 Å². The SMILES string of the molecule is [2H]c1c([2H])c([2H])c(-c2c3c([2H])c([2H])c([2H])c([2H])c3c(-c3c([2H])c([2H])c([2H])c([2H])c3[2H])c3c([2H])c(-c4ccccc4-n4c(-c5ccccc5)nc5ccccc54)c([2H])c([2H])c23)c([2H])c1[2H]. The molecule has 0 spiro atoms. The molecule has 0 amide bonds. The Morgan fingerprint density at radius 2 is 1.02 bits per heavy atom. The highest BCUT2D eigenvalue weighted by Gasteiger charge is 2.20. The highest BCUT2D eigenvalue weighted by atomic mass is 15.1. The zero-order valence-electron chi connectivity index (χ0n) is 41.4. The third kappa shape index (κ3) is 4.54. The molecular weight excluding hydrogens is 569 g/mol. The third-order valence-electron chi connectivity index (χ3n) is 8.01. The molecule has 1 heterocycles. The maximum atomic E-state index is 10.2. The lowest BCUT2D eigenvalue weighted by Gasteiger charge is -2.20. The van der Waals surface area contributed by atoms with Crippen LogP contribution in [-0.2, 0) is 0 Å². The monoisotopic (exact) mass is 615 g/mol. The van der Waals surface area contributed by atoms with E-state index >= 15 is 0 Å². The minimum Gasteiger partial charge on any atom is -0.292 e. The second kappa shape index (κ2) is 11.3. The molecule has 1 aromatic heterocycles. The van der Waals surface area contributed by atoms with E-state index < -0.39 is 147 Å². The standard InChI is InChI=1S/C45H30N2/c1-4-16-31(17-5-1)43-36-23-10-11-24-37(36)44(32-18-6-2-7-19-32)39-30-34(28-29-38(39)43)35-22-12-14-26-41(35)47-42-27-15-13-25-40(42)46-45(47)33-20-8-3-9-21-33/h1-30H/i1D,2D,4D,5D,6D,7D,10D,11D,16D,17D,18D,19D,23D,24D,28D,29D,30D. The fourth-order valence-corrected chi connectivity index (χ4v) is 6.03. The van der Waals surface area contributed by atoms with E-state index in [-0.39, 0.29) is 11.1 Å². The van der Waals surface area contributed by atoms with E-state index in [0.29, 0.717) is 22.5 Å². The Hall–Kier alpha value is -6.25. The summed E-state index contributed by atoms with van der Waals surface area (Å²) < 4.78 is 156. The van der Waals surface area contributed by atoms with Crippen molar-refractivity contribution in [3.8, 4) is 50.5 Å². The van der Waals surface area contributed by atoms with Crippen molar-refractivity contribution in [3.05, 3.63) is 182 Å². The van der Waals surface area contributed by atoms with E-state index in [1.807, 2.05) is 59.2 Å². The van der Waals surface area contributed by atoms with E-state index in [4.69, 9.17) is 21.4 Å². The molecule has 0 atom stereocenters. The zero-order chi connectivity index (χ0) is 46.0. The number of imidazole rings is 1. The normalized spacial score (nSPS) is 16.5. The molecule has 0 saturated heterocycles. The summed E-state index contributed by atoms with van der Waals surface area (Å²) in [5, 5.41) is -1.93. The summed E-state index contributed by atoms with van der Waals surface area (Å²) in [5.74, 6) is 0.490. The van der Waals surface area contributed by atoms with Gasteiger partial charge in [-0.1, -0.05) is 157 Å². The van der Waals surface area contributed by atoms with Crippen molar-refractivity contribution >= 4 is 32.6 Å². The lowest BCUT2D eigenvalue weighted by molar-refractivity contribution is 1.10. The van der Waals surface area contributed by atoms with Crippen molar-refractivity contribution in [2.24, 2.45) is 0 Å². The van der Waals surface area contributed by atoms with E-state index in [0.717, 1.165) is 5.56 Å². The van der Waals surface area contributed by atoms with Gasteiger partial charge in [0.1, 0.15) is 5.82 Å². The van der Waals surface area contributed by atoms with Crippen LogP contribution in [-0.4, -0.2) is 9.55 Å². The molecule has 47 heavy (non-hydrogen) atoms. The van der Waals surface area contributed by atoms with Gasteiger partial charge in [-0.05, 0) is 73.6 Å². The van der Waals surface area contributed by atoms with Crippen molar-refractivity contribution in [3.63, 3.8) is 0 Å². The molecule has 0 radical (unpaired) electrons. The van der Waals surface area contributed by atoms with Crippen LogP contribution in [0.3, 0.4) is 0 Å². The fraction of sp³-hybridized carbons (Fsp3) is 0. The third-order valence-corrected chi connectivity index (χ3v) is 8.01. The van der Waals surface area contributed by atoms with E-state index in [9.17, 15) is 6.85 Å². The number of para-hydroxylation sites is 3. The quantitative estimate of drug-likeness (QED) is 0.176. The first-order valence-corrected chi connectivity index (χ1v) is 14.7. The van der Waals surface area contributed by atoms with Gasteiger partial charge in [0.15, 0.2) is 0 Å². The van der Waals surface area contributed by atoms with E-state index in [2.05, 4.69) is 0 Å². The molecule has 2 heteroatoms. The molecule has 2 nitrogen and oxygen atoms in total. The zero-order valence-corrected chi connectivity index (χ0v) is 24.4. The van der Waals surface area contributed by atoms with Crippen molar-refractivity contribution in [1.29, 1.82) is 0 Å².